The van der Waals surface area contributed by atoms with Gasteiger partial charge in [-0.15, -0.1) is 0 Å². The second-order valence-electron chi connectivity index (χ2n) is 5.21. The van der Waals surface area contributed by atoms with E-state index in [1.807, 2.05) is 24.4 Å². The third-order valence-corrected chi connectivity index (χ3v) is 3.86. The molecule has 1 aromatic heterocycles. The van der Waals surface area contributed by atoms with Crippen LogP contribution in [0.1, 0.15) is 12.8 Å². The van der Waals surface area contributed by atoms with Crippen LogP contribution in [-0.2, 0) is 6.54 Å². The van der Waals surface area contributed by atoms with Crippen LogP contribution in [0.5, 0.6) is 0 Å². The lowest BCUT2D eigenvalue weighted by molar-refractivity contribution is 0.321. The fourth-order valence-electron chi connectivity index (χ4n) is 2.73. The number of hydrogen-bond donors (Lipinski definition) is 1. The average molecular weight is 257 g/mol. The van der Waals surface area contributed by atoms with E-state index in [1.54, 1.807) is 10.6 Å². The molecule has 2 N–H and O–H groups in total. The minimum atomic E-state index is 0.0593. The molecule has 1 saturated heterocycles. The molecule has 2 heterocycles. The van der Waals surface area contributed by atoms with Crippen molar-refractivity contribution in [1.29, 1.82) is 0 Å². The van der Waals surface area contributed by atoms with Crippen LogP contribution in [0.25, 0.3) is 10.8 Å². The number of likely N-dealkylation sites (tertiary alicyclic amines) is 1. The fraction of sp³-hybridized carbons (Fsp3) is 0.400. The first-order valence-electron chi connectivity index (χ1n) is 6.85. The Morgan fingerprint density at radius 1 is 1.11 bits per heavy atom. The number of pyridine rings is 1. The molecule has 0 radical (unpaired) electrons. The third kappa shape index (κ3) is 2.49. The SMILES string of the molecule is Nc1ccc2ccn(CCN3CCCC3)c(=O)c2c1. The number of nitrogens with zero attached hydrogens (tertiary/aromatic N) is 2. The molecular formula is C15H19N3O. The molecule has 1 aliphatic rings. The van der Waals surface area contributed by atoms with Crippen molar-refractivity contribution in [3.63, 3.8) is 0 Å². The average Bonchev–Trinajstić information content (AvgIpc) is 2.92. The number of fused-ring (bicyclic) bond motifs is 1. The minimum Gasteiger partial charge on any atom is -0.399 e. The molecule has 2 aromatic rings. The number of benzene rings is 1. The highest BCUT2D eigenvalue weighted by Crippen LogP contribution is 2.13. The lowest BCUT2D eigenvalue weighted by Crippen LogP contribution is -2.28. The normalized spacial score (nSPS) is 16.2. The van der Waals surface area contributed by atoms with E-state index in [4.69, 9.17) is 5.73 Å². The Balaban J connectivity index is 1.87. The molecular weight excluding hydrogens is 238 g/mol. The summed E-state index contributed by atoms with van der Waals surface area (Å²) >= 11 is 0. The Morgan fingerprint density at radius 2 is 1.89 bits per heavy atom. The summed E-state index contributed by atoms with van der Waals surface area (Å²) in [5, 5.41) is 1.67. The van der Waals surface area contributed by atoms with Crippen LogP contribution in [0.3, 0.4) is 0 Å². The number of anilines is 1. The van der Waals surface area contributed by atoms with Gasteiger partial charge >= 0.3 is 0 Å². The Kier molecular flexibility index (Phi) is 3.25. The molecule has 0 spiro atoms. The first-order valence-corrected chi connectivity index (χ1v) is 6.85. The molecule has 4 heteroatoms. The summed E-state index contributed by atoms with van der Waals surface area (Å²) in [5.41, 5.74) is 6.46. The van der Waals surface area contributed by atoms with Crippen LogP contribution in [0, 0.1) is 0 Å². The molecule has 0 aliphatic carbocycles. The first-order chi connectivity index (χ1) is 9.24. The zero-order chi connectivity index (χ0) is 13.2. The Hall–Kier alpha value is -1.81. The maximum atomic E-state index is 12.4. The molecule has 100 valence electrons. The molecule has 0 unspecified atom stereocenters. The van der Waals surface area contributed by atoms with Crippen molar-refractivity contribution in [1.82, 2.24) is 9.47 Å². The molecule has 0 amide bonds. The maximum absolute atomic E-state index is 12.4. The number of aromatic nitrogens is 1. The molecule has 4 nitrogen and oxygen atoms in total. The molecule has 1 aromatic carbocycles. The molecule has 0 atom stereocenters. The lowest BCUT2D eigenvalue weighted by Gasteiger charge is -2.15. The summed E-state index contributed by atoms with van der Waals surface area (Å²) in [6.07, 6.45) is 4.45. The third-order valence-electron chi connectivity index (χ3n) is 3.86. The summed E-state index contributed by atoms with van der Waals surface area (Å²) in [6.45, 7) is 4.03. The van der Waals surface area contributed by atoms with Crippen molar-refractivity contribution in [2.75, 3.05) is 25.4 Å². The lowest BCUT2D eigenvalue weighted by atomic mass is 10.1. The largest absolute Gasteiger partial charge is 0.399 e. The highest BCUT2D eigenvalue weighted by Gasteiger charge is 2.11. The van der Waals surface area contributed by atoms with E-state index in [2.05, 4.69) is 4.90 Å². The van der Waals surface area contributed by atoms with Gasteiger partial charge in [0, 0.05) is 30.4 Å². The van der Waals surface area contributed by atoms with E-state index >= 15 is 0 Å². The molecule has 19 heavy (non-hydrogen) atoms. The Labute approximate surface area is 112 Å². The van der Waals surface area contributed by atoms with E-state index in [0.717, 1.165) is 31.6 Å². The van der Waals surface area contributed by atoms with Gasteiger partial charge in [0.25, 0.3) is 5.56 Å². The van der Waals surface area contributed by atoms with Gasteiger partial charge in [0.05, 0.1) is 0 Å². The monoisotopic (exact) mass is 257 g/mol. The summed E-state index contributed by atoms with van der Waals surface area (Å²) in [4.78, 5) is 14.8. The summed E-state index contributed by atoms with van der Waals surface area (Å²) in [7, 11) is 0. The number of hydrogen-bond acceptors (Lipinski definition) is 3. The predicted molar refractivity (Wildman–Crippen MR) is 78.3 cm³/mol. The van der Waals surface area contributed by atoms with Crippen LogP contribution >= 0.6 is 0 Å². The zero-order valence-corrected chi connectivity index (χ0v) is 11.0. The van der Waals surface area contributed by atoms with E-state index in [1.165, 1.54) is 12.8 Å². The maximum Gasteiger partial charge on any atom is 0.258 e. The van der Waals surface area contributed by atoms with E-state index in [-0.39, 0.29) is 5.56 Å². The minimum absolute atomic E-state index is 0.0593. The van der Waals surface area contributed by atoms with Crippen LogP contribution in [0.4, 0.5) is 5.69 Å². The van der Waals surface area contributed by atoms with Gasteiger partial charge in [-0.3, -0.25) is 4.79 Å². The summed E-state index contributed by atoms with van der Waals surface area (Å²) < 4.78 is 1.79. The van der Waals surface area contributed by atoms with E-state index in [0.29, 0.717) is 11.1 Å². The van der Waals surface area contributed by atoms with Crippen LogP contribution in [0.15, 0.2) is 35.3 Å². The first kappa shape index (κ1) is 12.2. The van der Waals surface area contributed by atoms with Crippen LogP contribution in [0.2, 0.25) is 0 Å². The second kappa shape index (κ2) is 5.05. The van der Waals surface area contributed by atoms with E-state index < -0.39 is 0 Å². The van der Waals surface area contributed by atoms with Gasteiger partial charge in [-0.2, -0.15) is 0 Å². The van der Waals surface area contributed by atoms with Gasteiger partial charge in [-0.25, -0.2) is 0 Å². The molecule has 3 rings (SSSR count). The second-order valence-corrected chi connectivity index (χ2v) is 5.21. The van der Waals surface area contributed by atoms with Crippen molar-refractivity contribution in [3.05, 3.63) is 40.8 Å². The quantitative estimate of drug-likeness (QED) is 0.851. The molecule has 1 aliphatic heterocycles. The fourth-order valence-corrected chi connectivity index (χ4v) is 2.73. The van der Waals surface area contributed by atoms with Gasteiger partial charge in [-0.1, -0.05) is 6.07 Å². The Morgan fingerprint density at radius 3 is 2.68 bits per heavy atom. The van der Waals surface area contributed by atoms with Gasteiger partial charge < -0.3 is 15.2 Å². The van der Waals surface area contributed by atoms with Gasteiger partial charge in [-0.05, 0) is 49.5 Å². The van der Waals surface area contributed by atoms with Gasteiger partial charge in [0.2, 0.25) is 0 Å². The number of nitrogens with two attached hydrogens (primary N) is 1. The topological polar surface area (TPSA) is 51.3 Å². The number of nitrogen functional groups attached to an aromatic ring is 1. The van der Waals surface area contributed by atoms with E-state index in [9.17, 15) is 4.79 Å². The highest BCUT2D eigenvalue weighted by atomic mass is 16.1. The molecule has 1 fully saturated rings. The van der Waals surface area contributed by atoms with Crippen LogP contribution in [-0.4, -0.2) is 29.1 Å². The smallest absolute Gasteiger partial charge is 0.258 e. The van der Waals surface area contributed by atoms with Gasteiger partial charge in [0.15, 0.2) is 0 Å². The Bertz CT molecular complexity index is 641. The summed E-state index contributed by atoms with van der Waals surface area (Å²) in [5.74, 6) is 0. The van der Waals surface area contributed by atoms with Crippen molar-refractivity contribution in [3.8, 4) is 0 Å². The predicted octanol–water partition coefficient (Wildman–Crippen LogP) is 1.68. The van der Waals surface area contributed by atoms with Crippen molar-refractivity contribution in [2.45, 2.75) is 19.4 Å². The zero-order valence-electron chi connectivity index (χ0n) is 11.0. The highest BCUT2D eigenvalue weighted by molar-refractivity contribution is 5.84. The standard InChI is InChI=1S/C15H19N3O/c16-13-4-3-12-5-8-18(15(19)14(12)11-13)10-9-17-6-1-2-7-17/h3-5,8,11H,1-2,6-7,9-10,16H2. The molecule has 0 saturated carbocycles. The van der Waals surface area contributed by atoms with Crippen molar-refractivity contribution in [2.24, 2.45) is 0 Å². The van der Waals surface area contributed by atoms with Crippen LogP contribution < -0.4 is 11.3 Å². The van der Waals surface area contributed by atoms with Gasteiger partial charge in [0.1, 0.15) is 0 Å². The molecule has 0 bridgehead atoms. The van der Waals surface area contributed by atoms with Crippen molar-refractivity contribution < 1.29 is 0 Å². The van der Waals surface area contributed by atoms with Crippen molar-refractivity contribution >= 4 is 16.5 Å². The summed E-state index contributed by atoms with van der Waals surface area (Å²) in [6, 6.07) is 7.48. The number of rotatable bonds is 3.